The highest BCUT2D eigenvalue weighted by atomic mass is 16.5. The number of nitrogens with one attached hydrogen (secondary N) is 1. The van der Waals surface area contributed by atoms with Crippen molar-refractivity contribution in [2.75, 3.05) is 33.3 Å². The van der Waals surface area contributed by atoms with E-state index in [2.05, 4.69) is 17.1 Å². The highest BCUT2D eigenvalue weighted by Crippen LogP contribution is 2.19. The molecule has 0 aliphatic carbocycles. The number of hydrogen-bond donors (Lipinski definition) is 2. The molecule has 0 spiro atoms. The van der Waals surface area contributed by atoms with Crippen LogP contribution in [0.4, 0.5) is 0 Å². The normalized spacial score (nSPS) is 27.1. The van der Waals surface area contributed by atoms with E-state index in [1.165, 1.54) is 0 Å². The molecule has 1 saturated heterocycles. The molecule has 3 atom stereocenters. The largest absolute Gasteiger partial charge is 0.480 e. The van der Waals surface area contributed by atoms with Crippen LogP contribution in [0.2, 0.25) is 0 Å². The predicted molar refractivity (Wildman–Crippen MR) is 70.7 cm³/mol. The Labute approximate surface area is 109 Å². The van der Waals surface area contributed by atoms with Gasteiger partial charge in [-0.05, 0) is 31.8 Å². The second kappa shape index (κ2) is 7.71. The molecule has 106 valence electrons. The fraction of sp³-hybridized carbons (Fsp3) is 0.923. The number of nitrogens with zero attached hydrogens (tertiary/aromatic N) is 1. The van der Waals surface area contributed by atoms with Crippen molar-refractivity contribution in [3.63, 3.8) is 0 Å². The molecule has 0 aromatic heterocycles. The van der Waals surface area contributed by atoms with Crippen molar-refractivity contribution < 1.29 is 14.6 Å². The molecule has 1 aliphatic heterocycles. The second-order valence-electron chi connectivity index (χ2n) is 5.14. The van der Waals surface area contributed by atoms with Gasteiger partial charge in [0.15, 0.2) is 0 Å². The maximum Gasteiger partial charge on any atom is 0.322 e. The third kappa shape index (κ3) is 4.55. The van der Waals surface area contributed by atoms with E-state index in [4.69, 9.17) is 4.74 Å². The molecule has 0 saturated carbocycles. The summed E-state index contributed by atoms with van der Waals surface area (Å²) in [5, 5.41) is 12.3. The number of aliphatic carboxylic acids is 1. The molecule has 5 heteroatoms. The minimum atomic E-state index is -0.768. The molecular formula is C13H26N2O3. The van der Waals surface area contributed by atoms with Gasteiger partial charge >= 0.3 is 5.97 Å². The zero-order chi connectivity index (χ0) is 13.5. The summed E-state index contributed by atoms with van der Waals surface area (Å²) in [5.74, 6) is -0.214. The fourth-order valence-electron chi connectivity index (χ4n) is 2.38. The Morgan fingerprint density at radius 1 is 1.61 bits per heavy atom. The summed E-state index contributed by atoms with van der Waals surface area (Å²) in [6, 6.07) is -0.476. The molecule has 0 aromatic rings. The minimum absolute atomic E-state index is 0.222. The van der Waals surface area contributed by atoms with E-state index in [9.17, 15) is 9.90 Å². The molecule has 2 N–H and O–H groups in total. The van der Waals surface area contributed by atoms with Gasteiger partial charge in [0.05, 0.1) is 6.10 Å². The molecule has 0 aromatic carbocycles. The highest BCUT2D eigenvalue weighted by Gasteiger charge is 2.28. The SMILES string of the molecule is CCCNC(CN1CCC(C)C(OC)C1)C(=O)O. The first-order chi connectivity index (χ1) is 8.58. The third-order valence-electron chi connectivity index (χ3n) is 3.66. The van der Waals surface area contributed by atoms with Crippen molar-refractivity contribution in [3.8, 4) is 0 Å². The fourth-order valence-corrected chi connectivity index (χ4v) is 2.38. The lowest BCUT2D eigenvalue weighted by Gasteiger charge is -2.37. The van der Waals surface area contributed by atoms with Gasteiger partial charge in [-0.25, -0.2) is 0 Å². The summed E-state index contributed by atoms with van der Waals surface area (Å²) < 4.78 is 5.45. The van der Waals surface area contributed by atoms with Crippen molar-refractivity contribution in [3.05, 3.63) is 0 Å². The van der Waals surface area contributed by atoms with Crippen LogP contribution in [0.25, 0.3) is 0 Å². The molecule has 1 rings (SSSR count). The van der Waals surface area contributed by atoms with Crippen molar-refractivity contribution in [1.82, 2.24) is 10.2 Å². The maximum atomic E-state index is 11.2. The zero-order valence-electron chi connectivity index (χ0n) is 11.7. The van der Waals surface area contributed by atoms with Crippen molar-refractivity contribution in [2.45, 2.75) is 38.8 Å². The van der Waals surface area contributed by atoms with Gasteiger partial charge in [-0.15, -0.1) is 0 Å². The number of hydrogen-bond acceptors (Lipinski definition) is 4. The number of methoxy groups -OCH3 is 1. The molecule has 18 heavy (non-hydrogen) atoms. The molecule has 5 nitrogen and oxygen atoms in total. The van der Waals surface area contributed by atoms with Crippen LogP contribution in [0.3, 0.4) is 0 Å². The smallest absolute Gasteiger partial charge is 0.322 e. The van der Waals surface area contributed by atoms with Crippen LogP contribution in [0.5, 0.6) is 0 Å². The van der Waals surface area contributed by atoms with E-state index in [0.29, 0.717) is 12.5 Å². The van der Waals surface area contributed by atoms with Gasteiger partial charge < -0.3 is 15.2 Å². The number of rotatable bonds is 7. The first-order valence-electron chi connectivity index (χ1n) is 6.79. The summed E-state index contributed by atoms with van der Waals surface area (Å²) in [4.78, 5) is 13.4. The van der Waals surface area contributed by atoms with E-state index in [1.807, 2.05) is 6.92 Å². The molecule has 0 bridgehead atoms. The van der Waals surface area contributed by atoms with Gasteiger partial charge in [-0.1, -0.05) is 13.8 Å². The molecule has 3 unspecified atom stereocenters. The predicted octanol–water partition coefficient (Wildman–Crippen LogP) is 0.796. The van der Waals surface area contributed by atoms with Crippen LogP contribution in [-0.4, -0.2) is 61.4 Å². The Bertz CT molecular complexity index is 261. The zero-order valence-corrected chi connectivity index (χ0v) is 11.7. The van der Waals surface area contributed by atoms with Crippen LogP contribution in [-0.2, 0) is 9.53 Å². The Balaban J connectivity index is 2.46. The van der Waals surface area contributed by atoms with E-state index >= 15 is 0 Å². The number of piperidine rings is 1. The van der Waals surface area contributed by atoms with E-state index in [-0.39, 0.29) is 6.10 Å². The number of carboxylic acid groups (broad SMARTS) is 1. The third-order valence-corrected chi connectivity index (χ3v) is 3.66. The average Bonchev–Trinajstić information content (AvgIpc) is 2.36. The van der Waals surface area contributed by atoms with E-state index in [0.717, 1.165) is 32.5 Å². The molecule has 0 radical (unpaired) electrons. The number of carboxylic acids is 1. The Morgan fingerprint density at radius 3 is 2.89 bits per heavy atom. The van der Waals surface area contributed by atoms with Gasteiger partial charge in [0.1, 0.15) is 6.04 Å². The summed E-state index contributed by atoms with van der Waals surface area (Å²) in [6.45, 7) is 7.32. The van der Waals surface area contributed by atoms with Crippen molar-refractivity contribution in [1.29, 1.82) is 0 Å². The second-order valence-corrected chi connectivity index (χ2v) is 5.14. The van der Waals surface area contributed by atoms with E-state index in [1.54, 1.807) is 7.11 Å². The standard InChI is InChI=1S/C13H26N2O3/c1-4-6-14-11(13(16)17)8-15-7-5-10(2)12(9-15)18-3/h10-12,14H,4-9H2,1-3H3,(H,16,17). The summed E-state index contributed by atoms with van der Waals surface area (Å²) >= 11 is 0. The van der Waals surface area contributed by atoms with Gasteiger partial charge in [0, 0.05) is 20.2 Å². The van der Waals surface area contributed by atoms with Crippen LogP contribution in [0.1, 0.15) is 26.7 Å². The molecule has 1 heterocycles. The van der Waals surface area contributed by atoms with Crippen LogP contribution < -0.4 is 5.32 Å². The maximum absolute atomic E-state index is 11.2. The highest BCUT2D eigenvalue weighted by molar-refractivity contribution is 5.73. The van der Waals surface area contributed by atoms with Crippen molar-refractivity contribution >= 4 is 5.97 Å². The quantitative estimate of drug-likeness (QED) is 0.707. The van der Waals surface area contributed by atoms with Gasteiger partial charge in [-0.2, -0.15) is 0 Å². The Kier molecular flexibility index (Phi) is 6.60. The lowest BCUT2D eigenvalue weighted by molar-refractivity contribution is -0.140. The molecule has 1 fully saturated rings. The summed E-state index contributed by atoms with van der Waals surface area (Å²) in [6.07, 6.45) is 2.24. The summed E-state index contributed by atoms with van der Waals surface area (Å²) in [5.41, 5.74) is 0. The average molecular weight is 258 g/mol. The topological polar surface area (TPSA) is 61.8 Å². The lowest BCUT2D eigenvalue weighted by Crippen LogP contribution is -2.51. The molecule has 0 amide bonds. The van der Waals surface area contributed by atoms with Crippen molar-refractivity contribution in [2.24, 2.45) is 5.92 Å². The van der Waals surface area contributed by atoms with Gasteiger partial charge in [-0.3, -0.25) is 9.69 Å². The van der Waals surface area contributed by atoms with Crippen LogP contribution in [0, 0.1) is 5.92 Å². The van der Waals surface area contributed by atoms with Gasteiger partial charge in [0.2, 0.25) is 0 Å². The number of ether oxygens (including phenoxy) is 1. The monoisotopic (exact) mass is 258 g/mol. The molecule has 1 aliphatic rings. The first-order valence-corrected chi connectivity index (χ1v) is 6.79. The Morgan fingerprint density at radius 2 is 2.33 bits per heavy atom. The minimum Gasteiger partial charge on any atom is -0.480 e. The number of likely N-dealkylation sites (tertiary alicyclic amines) is 1. The molecular weight excluding hydrogens is 232 g/mol. The van der Waals surface area contributed by atoms with Gasteiger partial charge in [0.25, 0.3) is 0 Å². The van der Waals surface area contributed by atoms with E-state index < -0.39 is 12.0 Å². The van der Waals surface area contributed by atoms with Crippen LogP contribution >= 0.6 is 0 Å². The Hall–Kier alpha value is -0.650. The number of carbonyl (C=O) groups is 1. The first kappa shape index (κ1) is 15.4. The summed E-state index contributed by atoms with van der Waals surface area (Å²) in [7, 11) is 1.73. The lowest BCUT2D eigenvalue weighted by atomic mass is 9.95. The van der Waals surface area contributed by atoms with Crippen LogP contribution in [0.15, 0.2) is 0 Å².